The lowest BCUT2D eigenvalue weighted by atomic mass is 9.98. The van der Waals surface area contributed by atoms with Gasteiger partial charge in [0.05, 0.1) is 13.2 Å². The fraction of sp³-hybridized carbons (Fsp3) is 1.00. The minimum Gasteiger partial charge on any atom is -0.382 e. The first kappa shape index (κ1) is 26.8. The van der Waals surface area contributed by atoms with Crippen molar-refractivity contribution in [3.63, 3.8) is 0 Å². The van der Waals surface area contributed by atoms with Crippen LogP contribution in [0.15, 0.2) is 0 Å². The van der Waals surface area contributed by atoms with Crippen LogP contribution in [0, 0.1) is 0 Å². The molecule has 2 heterocycles. The highest BCUT2D eigenvalue weighted by atomic mass is 16.8. The maximum absolute atomic E-state index is 6.45. The van der Waals surface area contributed by atoms with E-state index in [1.807, 2.05) is 0 Å². The van der Waals surface area contributed by atoms with Crippen molar-refractivity contribution in [3.05, 3.63) is 0 Å². The number of rotatable bonds is 13. The molecule has 0 aliphatic carbocycles. The molecule has 0 aromatic heterocycles. The molecule has 2 saturated heterocycles. The van der Waals surface area contributed by atoms with E-state index in [1.54, 1.807) is 56.9 Å². The summed E-state index contributed by atoms with van der Waals surface area (Å²) in [6.07, 6.45) is -4.42. The molecule has 2 rings (SSSR count). The normalized spacial score (nSPS) is 41.0. The summed E-state index contributed by atoms with van der Waals surface area (Å²) in [6, 6.07) is 0. The molecule has 0 unspecified atom stereocenters. The number of ether oxygens (including phenoxy) is 11. The van der Waals surface area contributed by atoms with E-state index in [4.69, 9.17) is 52.1 Å². The fourth-order valence-electron chi connectivity index (χ4n) is 4.43. The average molecular weight is 455 g/mol. The van der Waals surface area contributed by atoms with Gasteiger partial charge in [0.25, 0.3) is 0 Å². The molecule has 0 spiro atoms. The molecule has 2 aliphatic rings. The molecular formula is C20H38O11. The van der Waals surface area contributed by atoms with Crippen LogP contribution in [0.25, 0.3) is 0 Å². The molecule has 0 aromatic carbocycles. The van der Waals surface area contributed by atoms with Crippen molar-refractivity contribution in [2.24, 2.45) is 0 Å². The number of hydrogen-bond acceptors (Lipinski definition) is 11. The van der Waals surface area contributed by atoms with Crippen molar-refractivity contribution in [3.8, 4) is 0 Å². The molecular weight excluding hydrogens is 416 g/mol. The SMILES string of the molecule is COC[C@H]1O[C@@](COC)(O[C@H]2O[C@H](COC)[C@@H](OC)[C@H](OC)[C@H]2OC)[C@@H](OC)[C@@H]1OC. The zero-order chi connectivity index (χ0) is 23.0. The zero-order valence-electron chi connectivity index (χ0n) is 19.7. The maximum Gasteiger partial charge on any atom is 0.224 e. The molecule has 2 aliphatic heterocycles. The van der Waals surface area contributed by atoms with Crippen molar-refractivity contribution in [1.29, 1.82) is 0 Å². The van der Waals surface area contributed by atoms with Crippen LogP contribution in [0.1, 0.15) is 0 Å². The summed E-state index contributed by atoms with van der Waals surface area (Å²) < 4.78 is 63.5. The van der Waals surface area contributed by atoms with Gasteiger partial charge in [0.2, 0.25) is 5.79 Å². The van der Waals surface area contributed by atoms with Crippen LogP contribution >= 0.6 is 0 Å². The van der Waals surface area contributed by atoms with Gasteiger partial charge in [0.15, 0.2) is 6.29 Å². The Kier molecular flexibility index (Phi) is 11.0. The smallest absolute Gasteiger partial charge is 0.224 e. The standard InChI is InChI=1S/C20H38O11/c1-21-9-12-14(24-4)16(26-6)17(27-7)19(29-12)31-20(11-23-3)18(28-8)15(25-5)13(30-20)10-22-2/h12-19H,9-11H2,1-8H3/t12-,13-,14-,15-,16+,17-,18+,19-,20+/m1/s1. The lowest BCUT2D eigenvalue weighted by Crippen LogP contribution is -2.64. The van der Waals surface area contributed by atoms with Crippen LogP contribution in [0.5, 0.6) is 0 Å². The molecule has 0 saturated carbocycles. The van der Waals surface area contributed by atoms with Crippen LogP contribution in [-0.2, 0) is 52.1 Å². The van der Waals surface area contributed by atoms with Gasteiger partial charge in [-0.25, -0.2) is 0 Å². The van der Waals surface area contributed by atoms with Gasteiger partial charge in [-0.05, 0) is 0 Å². The Morgan fingerprint density at radius 3 is 1.68 bits per heavy atom. The Bertz CT molecular complexity index is 510. The van der Waals surface area contributed by atoms with Gasteiger partial charge in [-0.2, -0.15) is 0 Å². The Morgan fingerprint density at radius 2 is 1.19 bits per heavy atom. The second-order valence-corrected chi connectivity index (χ2v) is 7.43. The topological polar surface area (TPSA) is 102 Å². The van der Waals surface area contributed by atoms with Crippen LogP contribution < -0.4 is 0 Å². The molecule has 11 nitrogen and oxygen atoms in total. The van der Waals surface area contributed by atoms with E-state index in [2.05, 4.69) is 0 Å². The van der Waals surface area contributed by atoms with E-state index >= 15 is 0 Å². The zero-order valence-corrected chi connectivity index (χ0v) is 19.7. The molecule has 0 amide bonds. The highest BCUT2D eigenvalue weighted by molar-refractivity contribution is 5.01. The summed E-state index contributed by atoms with van der Waals surface area (Å²) in [5.41, 5.74) is 0. The monoisotopic (exact) mass is 454 g/mol. The predicted molar refractivity (Wildman–Crippen MR) is 107 cm³/mol. The first-order chi connectivity index (χ1) is 15.0. The molecule has 31 heavy (non-hydrogen) atoms. The Labute approximate surface area is 184 Å². The lowest BCUT2D eigenvalue weighted by molar-refractivity contribution is -0.390. The molecule has 9 atom stereocenters. The summed E-state index contributed by atoms with van der Waals surface area (Å²) >= 11 is 0. The summed E-state index contributed by atoms with van der Waals surface area (Å²) in [6.45, 7) is 0.612. The fourth-order valence-corrected chi connectivity index (χ4v) is 4.43. The number of hydrogen-bond donors (Lipinski definition) is 0. The second kappa shape index (κ2) is 12.7. The molecule has 0 bridgehead atoms. The van der Waals surface area contributed by atoms with Crippen LogP contribution in [0.3, 0.4) is 0 Å². The second-order valence-electron chi connectivity index (χ2n) is 7.43. The Balaban J connectivity index is 2.38. The van der Waals surface area contributed by atoms with Gasteiger partial charge in [-0.3, -0.25) is 0 Å². The molecule has 2 fully saturated rings. The molecule has 0 N–H and O–H groups in total. The first-order valence-corrected chi connectivity index (χ1v) is 10.1. The van der Waals surface area contributed by atoms with Gasteiger partial charge in [0, 0.05) is 56.9 Å². The average Bonchev–Trinajstić information content (AvgIpc) is 3.05. The quantitative estimate of drug-likeness (QED) is 0.371. The lowest BCUT2D eigenvalue weighted by Gasteiger charge is -2.47. The molecule has 0 aromatic rings. The third-order valence-corrected chi connectivity index (χ3v) is 5.71. The van der Waals surface area contributed by atoms with E-state index in [0.29, 0.717) is 0 Å². The van der Waals surface area contributed by atoms with Crippen molar-refractivity contribution >= 4 is 0 Å². The highest BCUT2D eigenvalue weighted by Crippen LogP contribution is 2.40. The summed E-state index contributed by atoms with van der Waals surface area (Å²) in [7, 11) is 12.6. The van der Waals surface area contributed by atoms with Gasteiger partial charge in [0.1, 0.15) is 49.3 Å². The largest absolute Gasteiger partial charge is 0.382 e. The van der Waals surface area contributed by atoms with Crippen molar-refractivity contribution in [1.82, 2.24) is 0 Å². The van der Waals surface area contributed by atoms with Crippen molar-refractivity contribution in [2.75, 3.05) is 76.7 Å². The summed E-state index contributed by atoms with van der Waals surface area (Å²) in [4.78, 5) is 0. The molecule has 184 valence electrons. The van der Waals surface area contributed by atoms with E-state index in [9.17, 15) is 0 Å². The van der Waals surface area contributed by atoms with Gasteiger partial charge < -0.3 is 52.1 Å². The summed E-state index contributed by atoms with van der Waals surface area (Å²) in [5, 5.41) is 0. The maximum atomic E-state index is 6.45. The minimum atomic E-state index is -1.34. The van der Waals surface area contributed by atoms with Crippen LogP contribution in [-0.4, -0.2) is 132 Å². The number of methoxy groups -OCH3 is 8. The summed E-state index contributed by atoms with van der Waals surface area (Å²) in [5.74, 6) is -1.34. The van der Waals surface area contributed by atoms with Crippen LogP contribution in [0.4, 0.5) is 0 Å². The molecule has 0 radical (unpaired) electrons. The van der Waals surface area contributed by atoms with Gasteiger partial charge in [-0.15, -0.1) is 0 Å². The highest BCUT2D eigenvalue weighted by Gasteiger charge is 2.60. The van der Waals surface area contributed by atoms with E-state index in [1.165, 1.54) is 0 Å². The van der Waals surface area contributed by atoms with Gasteiger partial charge in [-0.1, -0.05) is 0 Å². The van der Waals surface area contributed by atoms with E-state index in [0.717, 1.165) is 0 Å². The van der Waals surface area contributed by atoms with Crippen molar-refractivity contribution < 1.29 is 52.1 Å². The van der Waals surface area contributed by atoms with E-state index in [-0.39, 0.29) is 19.8 Å². The van der Waals surface area contributed by atoms with Gasteiger partial charge >= 0.3 is 0 Å². The third-order valence-electron chi connectivity index (χ3n) is 5.71. The Morgan fingerprint density at radius 1 is 0.613 bits per heavy atom. The van der Waals surface area contributed by atoms with Crippen LogP contribution in [0.2, 0.25) is 0 Å². The third kappa shape index (κ3) is 5.56. The van der Waals surface area contributed by atoms with Crippen molar-refractivity contribution in [2.45, 2.75) is 54.8 Å². The molecule has 11 heteroatoms. The minimum absolute atomic E-state index is 0.0577. The van der Waals surface area contributed by atoms with E-state index < -0.39 is 54.8 Å². The Hall–Kier alpha value is -0.440. The predicted octanol–water partition coefficient (Wildman–Crippen LogP) is -0.163. The first-order valence-electron chi connectivity index (χ1n) is 10.1.